The van der Waals surface area contributed by atoms with Gasteiger partial charge >= 0.3 is 18.3 Å². The fourth-order valence-electron chi connectivity index (χ4n) is 8.64. The average Bonchev–Trinajstić information content (AvgIpc) is 3.82. The molecule has 3 aromatic heterocycles. The number of carbonyl (C=O) groups is 3. The van der Waals surface area contributed by atoms with E-state index in [1.165, 1.54) is 7.11 Å². The van der Waals surface area contributed by atoms with Gasteiger partial charge in [0.1, 0.15) is 5.92 Å². The third-order valence-corrected chi connectivity index (χ3v) is 11.9. The topological polar surface area (TPSA) is 123 Å². The molecule has 4 aromatic rings. The summed E-state index contributed by atoms with van der Waals surface area (Å²) < 4.78 is 88.5. The number of halogens is 6. The lowest BCUT2D eigenvalue weighted by atomic mass is 9.78. The molecule has 3 N–H and O–H groups in total. The molecule has 9 nitrogen and oxygen atoms in total. The Bertz CT molecular complexity index is 2550. The molecule has 1 aromatic carbocycles. The first-order valence-corrected chi connectivity index (χ1v) is 18.9. The summed E-state index contributed by atoms with van der Waals surface area (Å²) >= 11 is 0. The molecule has 6 heterocycles. The highest BCUT2D eigenvalue weighted by molar-refractivity contribution is 6.22. The second-order valence-corrected chi connectivity index (χ2v) is 15.8. The van der Waals surface area contributed by atoms with Crippen LogP contribution in [0.5, 0.6) is 0 Å². The lowest BCUT2D eigenvalue weighted by molar-refractivity contribution is -0.143. The Morgan fingerprint density at radius 3 is 1.98 bits per heavy atom. The number of methoxy groups -OCH3 is 1. The van der Waals surface area contributed by atoms with Crippen LogP contribution in [0.25, 0.3) is 18.2 Å². The highest BCUT2D eigenvalue weighted by atomic mass is 19.4. The summed E-state index contributed by atoms with van der Waals surface area (Å²) in [6, 6.07) is 1.04. The Morgan fingerprint density at radius 2 is 1.41 bits per heavy atom. The summed E-state index contributed by atoms with van der Waals surface area (Å²) in [6.45, 7) is 12.9. The van der Waals surface area contributed by atoms with Crippen LogP contribution in [-0.4, -0.2) is 50.5 Å². The van der Waals surface area contributed by atoms with E-state index in [2.05, 4.69) is 34.9 Å². The summed E-state index contributed by atoms with van der Waals surface area (Å²) in [6.07, 6.45) is -4.35. The number of fused-ring (bicyclic) bond motifs is 7. The Kier molecular flexibility index (Phi) is 10.0. The third-order valence-electron chi connectivity index (χ3n) is 11.9. The average molecular weight is 808 g/mol. The molecular formula is C43H43F6N5O4. The van der Waals surface area contributed by atoms with Crippen LogP contribution in [-0.2, 0) is 33.2 Å². The number of allylic oxidation sites excluding steroid dienone is 1. The molecule has 8 bridgehead atoms. The second kappa shape index (κ2) is 14.3. The van der Waals surface area contributed by atoms with Crippen molar-refractivity contribution in [2.45, 2.75) is 92.0 Å². The van der Waals surface area contributed by atoms with Gasteiger partial charge in [0.15, 0.2) is 0 Å². The largest absolute Gasteiger partial charge is 0.469 e. The molecule has 306 valence electrons. The molecule has 0 spiro atoms. The van der Waals surface area contributed by atoms with E-state index in [9.17, 15) is 40.7 Å². The smallest absolute Gasteiger partial charge is 0.416 e. The van der Waals surface area contributed by atoms with E-state index in [4.69, 9.17) is 9.73 Å². The number of nitrogens with one attached hydrogen (secondary N) is 3. The van der Waals surface area contributed by atoms with E-state index in [1.807, 2.05) is 39.8 Å². The van der Waals surface area contributed by atoms with Crippen LogP contribution >= 0.6 is 0 Å². The summed E-state index contributed by atoms with van der Waals surface area (Å²) in [7, 11) is 1.26. The summed E-state index contributed by atoms with van der Waals surface area (Å²) in [4.78, 5) is 58.1. The quantitative estimate of drug-likeness (QED) is 0.104. The van der Waals surface area contributed by atoms with Gasteiger partial charge in [-0.1, -0.05) is 20.8 Å². The Balaban J connectivity index is 1.50. The number of benzene rings is 1. The number of amides is 2. The SMILES string of the molecule is COC(=O)CC[C@@H]1C2=NC(=Cc3[nH]c(c(C(C)C)c3C)C=c3[nH]c(c(C)c3C)=Cc3[nH]c4c(c3C)C(=O)N(Cc3cc(C(F)(F)F)cc(C(F)(F)F)c3)C(=O)C24)[C@H]1C. The maximum atomic E-state index is 14.9. The summed E-state index contributed by atoms with van der Waals surface area (Å²) in [5, 5.41) is 1.56. The molecule has 58 heavy (non-hydrogen) atoms. The van der Waals surface area contributed by atoms with Crippen molar-refractivity contribution in [3.8, 4) is 0 Å². The molecule has 3 aliphatic rings. The molecule has 3 aliphatic heterocycles. The Hall–Kier alpha value is -5.60. The fourth-order valence-corrected chi connectivity index (χ4v) is 8.64. The molecule has 0 fully saturated rings. The number of esters is 1. The van der Waals surface area contributed by atoms with Gasteiger partial charge in [0.25, 0.3) is 5.91 Å². The number of rotatable bonds is 6. The van der Waals surface area contributed by atoms with Gasteiger partial charge in [-0.2, -0.15) is 26.3 Å². The van der Waals surface area contributed by atoms with Crippen molar-refractivity contribution in [1.29, 1.82) is 0 Å². The number of ether oxygens (including phenoxy) is 1. The van der Waals surface area contributed by atoms with E-state index in [0.29, 0.717) is 45.0 Å². The Morgan fingerprint density at radius 1 is 0.828 bits per heavy atom. The number of imide groups is 1. The van der Waals surface area contributed by atoms with Crippen molar-refractivity contribution in [1.82, 2.24) is 19.9 Å². The minimum atomic E-state index is -5.14. The van der Waals surface area contributed by atoms with E-state index in [1.54, 1.807) is 6.92 Å². The summed E-state index contributed by atoms with van der Waals surface area (Å²) in [5.41, 5.74) is 4.03. The number of aromatic amines is 3. The predicted octanol–water partition coefficient (Wildman–Crippen LogP) is 8.00. The lowest BCUT2D eigenvalue weighted by Crippen LogP contribution is -2.47. The molecule has 0 saturated heterocycles. The summed E-state index contributed by atoms with van der Waals surface area (Å²) in [5.74, 6) is -4.36. The zero-order valence-corrected chi connectivity index (χ0v) is 33.2. The number of aliphatic imine (C=N–C) groups is 1. The van der Waals surface area contributed by atoms with Gasteiger partial charge in [-0.05, 0) is 110 Å². The number of nitrogens with zero attached hydrogens (tertiary/aromatic N) is 2. The van der Waals surface area contributed by atoms with Crippen molar-refractivity contribution in [3.05, 3.63) is 107 Å². The number of hydrogen-bond acceptors (Lipinski definition) is 5. The number of H-pyrrole nitrogens is 3. The monoisotopic (exact) mass is 807 g/mol. The van der Waals surface area contributed by atoms with Crippen molar-refractivity contribution in [2.75, 3.05) is 7.11 Å². The van der Waals surface area contributed by atoms with Gasteiger partial charge in [-0.3, -0.25) is 24.3 Å². The Labute approximate surface area is 330 Å². The van der Waals surface area contributed by atoms with Crippen LogP contribution in [0.15, 0.2) is 28.9 Å². The second-order valence-electron chi connectivity index (χ2n) is 15.8. The molecular weight excluding hydrogens is 764 g/mol. The van der Waals surface area contributed by atoms with Gasteiger partial charge in [0.05, 0.1) is 30.3 Å². The van der Waals surface area contributed by atoms with Crippen LogP contribution in [0.2, 0.25) is 0 Å². The van der Waals surface area contributed by atoms with E-state index in [-0.39, 0.29) is 42.0 Å². The first-order valence-electron chi connectivity index (χ1n) is 18.9. The van der Waals surface area contributed by atoms with Crippen LogP contribution in [0.3, 0.4) is 0 Å². The number of carbonyl (C=O) groups excluding carboxylic acids is 3. The lowest BCUT2D eigenvalue weighted by Gasteiger charge is -2.33. The molecule has 15 heteroatoms. The molecule has 1 unspecified atom stereocenters. The predicted molar refractivity (Wildman–Crippen MR) is 205 cm³/mol. The normalized spacial score (nSPS) is 19.3. The highest BCUT2D eigenvalue weighted by Gasteiger charge is 2.49. The zero-order chi connectivity index (χ0) is 42.3. The molecule has 0 aliphatic carbocycles. The van der Waals surface area contributed by atoms with Gasteiger partial charge in [-0.25, -0.2) is 0 Å². The number of alkyl halides is 6. The van der Waals surface area contributed by atoms with E-state index < -0.39 is 65.2 Å². The van der Waals surface area contributed by atoms with Crippen LogP contribution in [0.4, 0.5) is 26.3 Å². The van der Waals surface area contributed by atoms with Crippen molar-refractivity contribution in [3.63, 3.8) is 0 Å². The third kappa shape index (κ3) is 6.91. The standard InChI is InChI=1S/C43H43F6N5O4/c1-18(2)35-22(6)31-15-30-21(5)27(9-10-34(55)58-8)38(52-30)37-39-36(23(7)32(53-39)14-28-19(3)20(4)29(50-28)16-33(35)51-31)40(56)54(41(37)57)17-24-11-25(42(44,45)46)13-26(12-24)43(47,48)49/h11-16,18,21,27,37,50-51,53H,9-10,17H2,1-8H3/t21-,27-,37?/m0/s1. The highest BCUT2D eigenvalue weighted by Crippen LogP contribution is 2.45. The van der Waals surface area contributed by atoms with Gasteiger partial charge < -0.3 is 19.7 Å². The maximum absolute atomic E-state index is 14.9. The van der Waals surface area contributed by atoms with Crippen molar-refractivity contribution >= 4 is 41.7 Å². The van der Waals surface area contributed by atoms with E-state index in [0.717, 1.165) is 39.0 Å². The zero-order valence-electron chi connectivity index (χ0n) is 33.2. The molecule has 0 radical (unpaired) electrons. The number of aromatic nitrogens is 3. The fraction of sp³-hybridized carbons (Fsp3) is 0.395. The van der Waals surface area contributed by atoms with Crippen LogP contribution in [0, 0.1) is 39.5 Å². The van der Waals surface area contributed by atoms with Crippen LogP contribution in [0.1, 0.15) is 123 Å². The molecule has 3 atom stereocenters. The van der Waals surface area contributed by atoms with Gasteiger partial charge in [0.2, 0.25) is 5.91 Å². The van der Waals surface area contributed by atoms with E-state index >= 15 is 0 Å². The van der Waals surface area contributed by atoms with Crippen LogP contribution < -0.4 is 10.7 Å². The van der Waals surface area contributed by atoms with Crippen molar-refractivity contribution < 1.29 is 45.5 Å². The first kappa shape index (κ1) is 40.6. The minimum Gasteiger partial charge on any atom is -0.469 e. The minimum absolute atomic E-state index is 0.000590. The first-order chi connectivity index (χ1) is 27.1. The van der Waals surface area contributed by atoms with Gasteiger partial charge in [-0.15, -0.1) is 0 Å². The number of hydrogen-bond donors (Lipinski definition) is 3. The van der Waals surface area contributed by atoms with Crippen molar-refractivity contribution in [2.24, 2.45) is 16.8 Å². The van der Waals surface area contributed by atoms with Gasteiger partial charge in [0, 0.05) is 63.1 Å². The molecule has 2 amide bonds. The molecule has 0 saturated carbocycles. The molecule has 7 rings (SSSR count). The maximum Gasteiger partial charge on any atom is 0.416 e.